The number of carbonyl (C=O) groups is 11. The number of rotatable bonds is 36. The van der Waals surface area contributed by atoms with Crippen molar-refractivity contribution in [2.75, 3.05) is 31.6 Å². The molecule has 9 atom stereocenters. The molecule has 0 fully saturated rings. The van der Waals surface area contributed by atoms with Crippen molar-refractivity contribution in [3.63, 3.8) is 0 Å². The number of thioether (sulfide) groups is 1. The van der Waals surface area contributed by atoms with E-state index in [1.54, 1.807) is 13.8 Å². The molecule has 22 N–H and O–H groups in total. The molecule has 0 saturated heterocycles. The number of guanidine groups is 2. The molecular formula is C42H75N15O15S. The minimum Gasteiger partial charge on any atom is -0.481 e. The summed E-state index contributed by atoms with van der Waals surface area (Å²) in [4.78, 5) is 150. The molecule has 0 aliphatic rings. The first-order valence-electron chi connectivity index (χ1n) is 23.1. The number of carbonyl (C=O) groups excluding carboxylic acids is 8. The van der Waals surface area contributed by atoms with Crippen LogP contribution < -0.4 is 71.2 Å². The lowest BCUT2D eigenvalue weighted by Gasteiger charge is -2.27. The number of carboxylic acid groups (broad SMARTS) is 3. The standard InChI is InChI=1S/C42H75N15O15S/c1-19(2)30(55-33(64)22(43)13-16-73-6)39(70)57-32(21(5)58)38(69)50-18-27(59)51-23(9-7-14-48-41(44)45)34(65)52-24(10-8-15-49-42(46)47)35(66)53-25(11-12-28(60)61)36(67)54-26(17-29(62)63)37(68)56-31(20(3)4)40(71)72/h19-26,30-32,58H,7-18,43H2,1-6H3,(H,50,69)(H,51,59)(H,52,65)(H,53,66)(H,54,67)(H,55,64)(H,56,68)(H,57,70)(H,60,61)(H,62,63)(H,71,72)(H4,44,45,48)(H4,46,47,49)/t21-,22+,23+,24+,25+,26+,30+,31+,32+/m1/s1. The smallest absolute Gasteiger partial charge is 0.326 e. The van der Waals surface area contributed by atoms with E-state index in [-0.39, 0.29) is 50.7 Å². The van der Waals surface area contributed by atoms with Crippen molar-refractivity contribution in [1.29, 1.82) is 0 Å². The number of aliphatic imine (C=N–C) groups is 2. The first kappa shape index (κ1) is 66.0. The number of aliphatic hydroxyl groups excluding tert-OH is 1. The van der Waals surface area contributed by atoms with Crippen molar-refractivity contribution in [2.45, 2.75) is 140 Å². The van der Waals surface area contributed by atoms with Crippen LogP contribution in [0, 0.1) is 11.8 Å². The van der Waals surface area contributed by atoms with Crippen molar-refractivity contribution in [3.05, 3.63) is 0 Å². The van der Waals surface area contributed by atoms with E-state index in [9.17, 15) is 73.2 Å². The van der Waals surface area contributed by atoms with Crippen molar-refractivity contribution in [1.82, 2.24) is 42.5 Å². The SMILES string of the molecule is CSCC[C@H](N)C(=O)N[C@H](C(=O)N[C@H](C(=O)NCC(=O)N[C@@H](CCCN=C(N)N)C(=O)N[C@@H](CCCN=C(N)N)C(=O)N[C@@H](CCC(=O)O)C(=O)N[C@@H](CC(=O)O)C(=O)N[C@H](C(=O)O)C(C)C)[C@@H](C)O)C(C)C. The van der Waals surface area contributed by atoms with Crippen molar-refractivity contribution < 1.29 is 73.2 Å². The third kappa shape index (κ3) is 27.4. The van der Waals surface area contributed by atoms with Gasteiger partial charge in [0.25, 0.3) is 0 Å². The minimum absolute atomic E-state index is 0.00569. The Morgan fingerprint density at radius 2 is 0.959 bits per heavy atom. The molecule has 0 aliphatic carbocycles. The van der Waals surface area contributed by atoms with Gasteiger partial charge in [0, 0.05) is 19.5 Å². The van der Waals surface area contributed by atoms with Crippen molar-refractivity contribution >= 4 is 88.8 Å². The fourth-order valence-electron chi connectivity index (χ4n) is 6.39. The Labute approximate surface area is 426 Å². The summed E-state index contributed by atoms with van der Waals surface area (Å²) in [5.41, 5.74) is 27.6. The minimum atomic E-state index is -1.91. The van der Waals surface area contributed by atoms with E-state index in [1.807, 2.05) is 6.26 Å². The zero-order valence-corrected chi connectivity index (χ0v) is 42.6. The molecular weight excluding hydrogens is 987 g/mol. The Morgan fingerprint density at radius 3 is 1.38 bits per heavy atom. The van der Waals surface area contributed by atoms with Gasteiger partial charge in [0.05, 0.1) is 25.1 Å². The summed E-state index contributed by atoms with van der Waals surface area (Å²) in [6, 6.07) is -12.1. The largest absolute Gasteiger partial charge is 0.481 e. The molecule has 0 rings (SSSR count). The van der Waals surface area contributed by atoms with E-state index in [0.29, 0.717) is 12.2 Å². The molecule has 0 bridgehead atoms. The number of hydrogen-bond acceptors (Lipinski definition) is 16. The Balaban J connectivity index is 6.64. The van der Waals surface area contributed by atoms with Gasteiger partial charge in [0.1, 0.15) is 42.3 Å². The molecule has 8 amide bonds. The number of nitrogens with two attached hydrogens (primary N) is 5. The number of nitrogens with zero attached hydrogens (tertiary/aromatic N) is 2. The lowest BCUT2D eigenvalue weighted by Crippen LogP contribution is -2.60. The van der Waals surface area contributed by atoms with Crippen LogP contribution in [0.5, 0.6) is 0 Å². The van der Waals surface area contributed by atoms with Crippen LogP contribution in [-0.4, -0.2) is 184 Å². The van der Waals surface area contributed by atoms with Crippen molar-refractivity contribution in [2.24, 2.45) is 50.5 Å². The summed E-state index contributed by atoms with van der Waals surface area (Å²) in [5.74, 6) is -13.8. The van der Waals surface area contributed by atoms with Gasteiger partial charge in [-0.15, -0.1) is 0 Å². The summed E-state index contributed by atoms with van der Waals surface area (Å²) < 4.78 is 0. The fraction of sp³-hybridized carbons (Fsp3) is 0.690. The van der Waals surface area contributed by atoms with E-state index < -0.39 is 157 Å². The molecule has 31 heteroatoms. The molecule has 414 valence electrons. The molecule has 0 aromatic heterocycles. The highest BCUT2D eigenvalue weighted by Crippen LogP contribution is 2.10. The Bertz CT molecular complexity index is 1970. The number of hydrogen-bond donors (Lipinski definition) is 17. The predicted molar refractivity (Wildman–Crippen MR) is 265 cm³/mol. The number of aliphatic carboxylic acids is 3. The molecule has 0 spiro atoms. The summed E-state index contributed by atoms with van der Waals surface area (Å²) in [6.45, 7) is 6.39. The first-order chi connectivity index (χ1) is 34.0. The fourth-order valence-corrected chi connectivity index (χ4v) is 6.88. The van der Waals surface area contributed by atoms with Crippen LogP contribution >= 0.6 is 11.8 Å². The lowest BCUT2D eigenvalue weighted by atomic mass is 10.0. The van der Waals surface area contributed by atoms with Crippen LogP contribution in [0.25, 0.3) is 0 Å². The molecule has 0 unspecified atom stereocenters. The zero-order valence-electron chi connectivity index (χ0n) is 41.8. The van der Waals surface area contributed by atoms with Gasteiger partial charge in [0.2, 0.25) is 47.3 Å². The van der Waals surface area contributed by atoms with Gasteiger partial charge in [-0.05, 0) is 69.3 Å². The van der Waals surface area contributed by atoms with Gasteiger partial charge in [-0.2, -0.15) is 11.8 Å². The molecule has 73 heavy (non-hydrogen) atoms. The number of amides is 8. The van der Waals surface area contributed by atoms with E-state index in [1.165, 1.54) is 32.5 Å². The van der Waals surface area contributed by atoms with Crippen LogP contribution in [-0.2, 0) is 52.7 Å². The van der Waals surface area contributed by atoms with Crippen LogP contribution in [0.2, 0.25) is 0 Å². The third-order valence-electron chi connectivity index (χ3n) is 10.4. The second-order valence-corrected chi connectivity index (χ2v) is 18.3. The summed E-state index contributed by atoms with van der Waals surface area (Å²) in [5, 5.41) is 57.6. The average molecular weight is 1060 g/mol. The van der Waals surface area contributed by atoms with E-state index in [0.717, 1.165) is 0 Å². The predicted octanol–water partition coefficient (Wildman–Crippen LogP) is -6.20. The van der Waals surface area contributed by atoms with E-state index >= 15 is 0 Å². The maximum absolute atomic E-state index is 14.0. The van der Waals surface area contributed by atoms with Gasteiger partial charge < -0.3 is 91.6 Å². The first-order valence-corrected chi connectivity index (χ1v) is 24.5. The second kappa shape index (κ2) is 34.4. The zero-order chi connectivity index (χ0) is 56.1. The van der Waals surface area contributed by atoms with Gasteiger partial charge in [-0.1, -0.05) is 27.7 Å². The maximum Gasteiger partial charge on any atom is 0.326 e. The molecule has 0 aliphatic heterocycles. The molecule has 30 nitrogen and oxygen atoms in total. The number of nitrogens with one attached hydrogen (secondary N) is 8. The molecule has 0 saturated carbocycles. The van der Waals surface area contributed by atoms with Gasteiger partial charge >= 0.3 is 17.9 Å². The van der Waals surface area contributed by atoms with Gasteiger partial charge in [-0.3, -0.25) is 57.9 Å². The normalized spacial score (nSPS) is 14.7. The van der Waals surface area contributed by atoms with Crippen LogP contribution in [0.15, 0.2) is 9.98 Å². The highest BCUT2D eigenvalue weighted by atomic mass is 32.2. The molecule has 0 aromatic rings. The van der Waals surface area contributed by atoms with Crippen molar-refractivity contribution in [3.8, 4) is 0 Å². The van der Waals surface area contributed by atoms with E-state index in [2.05, 4.69) is 52.5 Å². The molecule has 0 radical (unpaired) electrons. The quantitative estimate of drug-likeness (QED) is 0.0158. The Kier molecular flexibility index (Phi) is 31.1. The van der Waals surface area contributed by atoms with E-state index in [4.69, 9.17) is 28.7 Å². The van der Waals surface area contributed by atoms with Crippen LogP contribution in [0.1, 0.15) is 86.0 Å². The van der Waals surface area contributed by atoms with Gasteiger partial charge in [0.15, 0.2) is 11.9 Å². The Morgan fingerprint density at radius 1 is 0.521 bits per heavy atom. The topological polar surface area (TPSA) is 520 Å². The number of aliphatic hydroxyl groups is 1. The Hall–Kier alpha value is -7.02. The number of carboxylic acids is 3. The van der Waals surface area contributed by atoms with Crippen LogP contribution in [0.3, 0.4) is 0 Å². The highest BCUT2D eigenvalue weighted by Gasteiger charge is 2.36. The monoisotopic (exact) mass is 1060 g/mol. The maximum atomic E-state index is 14.0. The lowest BCUT2D eigenvalue weighted by molar-refractivity contribution is -0.144. The second-order valence-electron chi connectivity index (χ2n) is 17.4. The average Bonchev–Trinajstić information content (AvgIpc) is 3.29. The third-order valence-corrected chi connectivity index (χ3v) is 11.0. The van der Waals surface area contributed by atoms with Crippen LogP contribution in [0.4, 0.5) is 0 Å². The summed E-state index contributed by atoms with van der Waals surface area (Å²) in [7, 11) is 0. The summed E-state index contributed by atoms with van der Waals surface area (Å²) >= 11 is 1.47. The molecule has 0 aromatic carbocycles. The van der Waals surface area contributed by atoms with Gasteiger partial charge in [-0.25, -0.2) is 4.79 Å². The summed E-state index contributed by atoms with van der Waals surface area (Å²) in [6.07, 6.45) is -2.23. The molecule has 0 heterocycles. The highest BCUT2D eigenvalue weighted by molar-refractivity contribution is 7.98.